The summed E-state index contributed by atoms with van der Waals surface area (Å²) < 4.78 is 74.3. The van der Waals surface area contributed by atoms with Crippen LogP contribution in [-0.2, 0) is 4.74 Å². The number of hydrogen-bond acceptors (Lipinski definition) is 4. The number of aliphatic hydroxyl groups excluding tert-OH is 1. The third-order valence-corrected chi connectivity index (χ3v) is 2.28. The molecule has 0 spiro atoms. The second-order valence-electron chi connectivity index (χ2n) is 3.67. The van der Waals surface area contributed by atoms with E-state index in [0.717, 1.165) is 0 Å². The smallest absolute Gasteiger partial charge is 0.255 e. The standard InChI is InChI=1S/C12H11F5O4/c1-2-3-4-19-6(5-18)20-11-9(15)7(13)8(14)10(16)12(11)21-17/h2,6,18H,1,3-5H2. The zero-order valence-electron chi connectivity index (χ0n) is 10.5. The molecule has 0 amide bonds. The maximum Gasteiger partial charge on any atom is 0.255 e. The molecule has 0 saturated carbocycles. The van der Waals surface area contributed by atoms with Crippen LogP contribution in [0, 0.1) is 23.3 Å². The first kappa shape index (κ1) is 17.2. The Morgan fingerprint density at radius 3 is 2.10 bits per heavy atom. The summed E-state index contributed by atoms with van der Waals surface area (Å²) in [6, 6.07) is 0. The average molecular weight is 314 g/mol. The molecular formula is C12H11F5O4. The largest absolute Gasteiger partial charge is 0.455 e. The van der Waals surface area contributed by atoms with Gasteiger partial charge in [-0.2, -0.15) is 8.78 Å². The first-order chi connectivity index (χ1) is 9.97. The predicted octanol–water partition coefficient (Wildman–Crippen LogP) is 2.80. The van der Waals surface area contributed by atoms with Gasteiger partial charge in [0.05, 0.1) is 6.61 Å². The fraction of sp³-hybridized carbons (Fsp3) is 0.333. The summed E-state index contributed by atoms with van der Waals surface area (Å²) in [6.45, 7) is 2.52. The molecule has 0 radical (unpaired) electrons. The first-order valence-electron chi connectivity index (χ1n) is 5.62. The summed E-state index contributed by atoms with van der Waals surface area (Å²) in [4.78, 5) is 2.96. The van der Waals surface area contributed by atoms with E-state index in [0.29, 0.717) is 6.42 Å². The van der Waals surface area contributed by atoms with E-state index in [4.69, 9.17) is 9.84 Å². The summed E-state index contributed by atoms with van der Waals surface area (Å²) in [5.41, 5.74) is 0. The third-order valence-electron chi connectivity index (χ3n) is 2.28. The van der Waals surface area contributed by atoms with Crippen molar-refractivity contribution >= 4 is 0 Å². The maximum absolute atomic E-state index is 13.5. The SMILES string of the molecule is C=CCCOC(CO)Oc1c(F)c(F)c(F)c(F)c1OF. The van der Waals surface area contributed by atoms with Gasteiger partial charge in [0, 0.05) is 4.53 Å². The molecule has 1 aromatic rings. The molecule has 0 aliphatic carbocycles. The Morgan fingerprint density at radius 1 is 1.05 bits per heavy atom. The Morgan fingerprint density at radius 2 is 1.62 bits per heavy atom. The zero-order chi connectivity index (χ0) is 16.0. The van der Waals surface area contributed by atoms with Crippen molar-refractivity contribution in [1.29, 1.82) is 0 Å². The van der Waals surface area contributed by atoms with E-state index >= 15 is 0 Å². The summed E-state index contributed by atoms with van der Waals surface area (Å²) in [5.74, 6) is -11.6. The molecule has 0 aromatic heterocycles. The lowest BCUT2D eigenvalue weighted by Crippen LogP contribution is -2.26. The predicted molar refractivity (Wildman–Crippen MR) is 60.3 cm³/mol. The molecule has 0 aliphatic rings. The van der Waals surface area contributed by atoms with Crippen molar-refractivity contribution in [2.45, 2.75) is 12.7 Å². The van der Waals surface area contributed by atoms with Crippen LogP contribution in [0.1, 0.15) is 6.42 Å². The summed E-state index contributed by atoms with van der Waals surface area (Å²) in [5, 5.41) is 8.94. The van der Waals surface area contributed by atoms with E-state index in [9.17, 15) is 22.1 Å². The second-order valence-corrected chi connectivity index (χ2v) is 3.67. The summed E-state index contributed by atoms with van der Waals surface area (Å²) in [6.07, 6.45) is 0.223. The Labute approximate surface area is 116 Å². The molecule has 0 saturated heterocycles. The summed E-state index contributed by atoms with van der Waals surface area (Å²) in [7, 11) is 0. The van der Waals surface area contributed by atoms with Crippen molar-refractivity contribution in [3.8, 4) is 11.5 Å². The van der Waals surface area contributed by atoms with Gasteiger partial charge in [-0.15, -0.1) is 6.58 Å². The van der Waals surface area contributed by atoms with Crippen LogP contribution in [0.4, 0.5) is 22.1 Å². The van der Waals surface area contributed by atoms with E-state index in [1.165, 1.54) is 6.08 Å². The van der Waals surface area contributed by atoms with Crippen LogP contribution in [0.15, 0.2) is 12.7 Å². The monoisotopic (exact) mass is 314 g/mol. The van der Waals surface area contributed by atoms with Gasteiger partial charge in [-0.25, -0.2) is 8.78 Å². The number of ether oxygens (including phenoxy) is 2. The van der Waals surface area contributed by atoms with Gasteiger partial charge in [0.2, 0.25) is 35.3 Å². The molecule has 0 heterocycles. The fourth-order valence-corrected chi connectivity index (χ4v) is 1.30. The van der Waals surface area contributed by atoms with E-state index < -0.39 is 47.7 Å². The number of halogens is 5. The molecule has 118 valence electrons. The van der Waals surface area contributed by atoms with Gasteiger partial charge in [-0.05, 0) is 6.42 Å². The molecule has 1 rings (SSSR count). The lowest BCUT2D eigenvalue weighted by Gasteiger charge is -2.18. The quantitative estimate of drug-likeness (QED) is 0.200. The molecule has 4 nitrogen and oxygen atoms in total. The van der Waals surface area contributed by atoms with Crippen LogP contribution in [0.5, 0.6) is 11.5 Å². The molecule has 1 N–H and O–H groups in total. The molecule has 1 atom stereocenters. The van der Waals surface area contributed by atoms with Crippen molar-refractivity contribution in [3.05, 3.63) is 35.9 Å². The van der Waals surface area contributed by atoms with Gasteiger partial charge >= 0.3 is 0 Å². The highest BCUT2D eigenvalue weighted by atomic mass is 19.3. The Kier molecular flexibility index (Phi) is 6.38. The third kappa shape index (κ3) is 3.82. The molecule has 0 bridgehead atoms. The Bertz CT molecular complexity index is 509. The highest BCUT2D eigenvalue weighted by Crippen LogP contribution is 2.37. The van der Waals surface area contributed by atoms with Gasteiger partial charge < -0.3 is 14.6 Å². The summed E-state index contributed by atoms with van der Waals surface area (Å²) >= 11 is 0. The van der Waals surface area contributed by atoms with Crippen molar-refractivity contribution in [3.63, 3.8) is 0 Å². The van der Waals surface area contributed by atoms with Gasteiger partial charge in [0.25, 0.3) is 5.75 Å². The van der Waals surface area contributed by atoms with E-state index in [-0.39, 0.29) is 6.61 Å². The van der Waals surface area contributed by atoms with Crippen molar-refractivity contribution in [2.75, 3.05) is 13.2 Å². The van der Waals surface area contributed by atoms with E-state index in [1.807, 2.05) is 0 Å². The fourth-order valence-electron chi connectivity index (χ4n) is 1.30. The molecular weight excluding hydrogens is 303 g/mol. The topological polar surface area (TPSA) is 47.9 Å². The second kappa shape index (κ2) is 7.79. The molecule has 9 heteroatoms. The van der Waals surface area contributed by atoms with Crippen LogP contribution in [0.25, 0.3) is 0 Å². The van der Waals surface area contributed by atoms with Gasteiger partial charge in [0.1, 0.15) is 6.61 Å². The minimum absolute atomic E-state index is 0.0195. The number of hydrogen-bond donors (Lipinski definition) is 1. The minimum atomic E-state index is -2.26. The normalized spacial score (nSPS) is 12.1. The van der Waals surface area contributed by atoms with Gasteiger partial charge in [-0.1, -0.05) is 6.08 Å². The Balaban J connectivity index is 3.08. The molecule has 1 unspecified atom stereocenters. The van der Waals surface area contributed by atoms with E-state index in [1.54, 1.807) is 0 Å². The van der Waals surface area contributed by atoms with Crippen LogP contribution in [-0.4, -0.2) is 24.6 Å². The van der Waals surface area contributed by atoms with Gasteiger partial charge in [0.15, 0.2) is 0 Å². The molecule has 21 heavy (non-hydrogen) atoms. The van der Waals surface area contributed by atoms with Gasteiger partial charge in [-0.3, -0.25) is 4.94 Å². The van der Waals surface area contributed by atoms with Crippen molar-refractivity contribution < 1.29 is 41.6 Å². The van der Waals surface area contributed by atoms with Crippen LogP contribution >= 0.6 is 0 Å². The lowest BCUT2D eigenvalue weighted by molar-refractivity contribution is -0.111. The lowest BCUT2D eigenvalue weighted by atomic mass is 10.2. The number of rotatable bonds is 8. The average Bonchev–Trinajstić information content (AvgIpc) is 2.49. The number of benzene rings is 1. The molecule has 0 fully saturated rings. The zero-order valence-corrected chi connectivity index (χ0v) is 10.5. The van der Waals surface area contributed by atoms with Crippen LogP contribution < -0.4 is 9.68 Å². The minimum Gasteiger partial charge on any atom is -0.455 e. The number of aliphatic hydroxyl groups is 1. The molecule has 1 aromatic carbocycles. The van der Waals surface area contributed by atoms with E-state index in [2.05, 4.69) is 16.3 Å². The van der Waals surface area contributed by atoms with Crippen molar-refractivity contribution in [1.82, 2.24) is 0 Å². The highest BCUT2D eigenvalue weighted by molar-refractivity contribution is 5.43. The highest BCUT2D eigenvalue weighted by Gasteiger charge is 2.30. The van der Waals surface area contributed by atoms with Crippen molar-refractivity contribution in [2.24, 2.45) is 0 Å². The van der Waals surface area contributed by atoms with Crippen LogP contribution in [0.3, 0.4) is 0 Å². The first-order valence-corrected chi connectivity index (χ1v) is 5.62. The Hall–Kier alpha value is -1.87. The van der Waals surface area contributed by atoms with Crippen LogP contribution in [0.2, 0.25) is 0 Å². The maximum atomic E-state index is 13.5. The molecule has 0 aliphatic heterocycles.